The number of nitrogens with one attached hydrogen (secondary N) is 2. The summed E-state index contributed by atoms with van der Waals surface area (Å²) in [6.07, 6.45) is 0.505. The van der Waals surface area contributed by atoms with Crippen molar-refractivity contribution in [2.45, 2.75) is 26.3 Å². The average molecular weight is 227 g/mol. The summed E-state index contributed by atoms with van der Waals surface area (Å²) in [7, 11) is 1.65. The van der Waals surface area contributed by atoms with Crippen molar-refractivity contribution in [2.24, 2.45) is 0 Å². The molecule has 1 atom stereocenters. The van der Waals surface area contributed by atoms with Crippen LogP contribution in [0.15, 0.2) is 5.38 Å². The van der Waals surface area contributed by atoms with Gasteiger partial charge in [-0.15, -0.1) is 11.3 Å². The topological polar surface area (TPSA) is 54.0 Å². The predicted molar refractivity (Wildman–Crippen MR) is 62.0 cm³/mol. The third-order valence-corrected chi connectivity index (χ3v) is 3.23. The number of aromatic nitrogens is 1. The van der Waals surface area contributed by atoms with Crippen LogP contribution >= 0.6 is 11.3 Å². The Balaban J connectivity index is 2.30. The minimum atomic E-state index is 0.0602. The maximum atomic E-state index is 11.0. The maximum Gasteiger partial charge on any atom is 0.221 e. The van der Waals surface area contributed by atoms with E-state index in [1.54, 1.807) is 18.4 Å². The van der Waals surface area contributed by atoms with Gasteiger partial charge in [0.2, 0.25) is 5.91 Å². The van der Waals surface area contributed by atoms with Crippen LogP contribution in [-0.4, -0.2) is 24.5 Å². The minimum Gasteiger partial charge on any atom is -0.359 e. The summed E-state index contributed by atoms with van der Waals surface area (Å²) in [6.45, 7) is 4.72. The smallest absolute Gasteiger partial charge is 0.221 e. The lowest BCUT2D eigenvalue weighted by Gasteiger charge is -2.10. The average Bonchev–Trinajstić information content (AvgIpc) is 2.64. The Labute approximate surface area is 94.1 Å². The molecule has 0 saturated heterocycles. The van der Waals surface area contributed by atoms with Crippen molar-refractivity contribution in [2.75, 3.05) is 13.6 Å². The molecule has 0 spiro atoms. The highest BCUT2D eigenvalue weighted by atomic mass is 32.1. The summed E-state index contributed by atoms with van der Waals surface area (Å²) >= 11 is 1.65. The lowest BCUT2D eigenvalue weighted by atomic mass is 10.3. The Morgan fingerprint density at radius 2 is 2.40 bits per heavy atom. The summed E-state index contributed by atoms with van der Waals surface area (Å²) in [5.74, 6) is 0.0602. The fourth-order valence-corrected chi connectivity index (χ4v) is 2.01. The normalized spacial score (nSPS) is 12.5. The number of rotatable bonds is 5. The van der Waals surface area contributed by atoms with Crippen LogP contribution in [0.4, 0.5) is 0 Å². The lowest BCUT2D eigenvalue weighted by molar-refractivity contribution is -0.120. The second kappa shape index (κ2) is 5.82. The number of aryl methyl sites for hydroxylation is 1. The summed E-state index contributed by atoms with van der Waals surface area (Å²) in [4.78, 5) is 15.4. The van der Waals surface area contributed by atoms with Gasteiger partial charge >= 0.3 is 0 Å². The molecule has 0 bridgehead atoms. The molecule has 0 aromatic carbocycles. The van der Waals surface area contributed by atoms with Crippen LogP contribution in [0.5, 0.6) is 0 Å². The summed E-state index contributed by atoms with van der Waals surface area (Å²) in [6, 6.07) is 0.216. The Morgan fingerprint density at radius 1 is 1.67 bits per heavy atom. The molecule has 1 rings (SSSR count). The van der Waals surface area contributed by atoms with Crippen LogP contribution in [0, 0.1) is 6.92 Å². The first kappa shape index (κ1) is 12.1. The van der Waals surface area contributed by atoms with Crippen molar-refractivity contribution in [3.8, 4) is 0 Å². The molecule has 1 amide bonds. The van der Waals surface area contributed by atoms with Gasteiger partial charge in [0.1, 0.15) is 5.01 Å². The van der Waals surface area contributed by atoms with Gasteiger partial charge in [0.05, 0.1) is 6.04 Å². The second-order valence-electron chi connectivity index (χ2n) is 3.43. The highest BCUT2D eigenvalue weighted by Crippen LogP contribution is 2.16. The van der Waals surface area contributed by atoms with Crippen LogP contribution in [0.3, 0.4) is 0 Å². The number of thiazole rings is 1. The van der Waals surface area contributed by atoms with Gasteiger partial charge < -0.3 is 10.6 Å². The van der Waals surface area contributed by atoms with E-state index in [2.05, 4.69) is 22.5 Å². The fraction of sp³-hybridized carbons (Fsp3) is 0.600. The van der Waals surface area contributed by atoms with Crippen molar-refractivity contribution in [3.05, 3.63) is 16.1 Å². The Kier molecular flexibility index (Phi) is 4.71. The monoisotopic (exact) mass is 227 g/mol. The van der Waals surface area contributed by atoms with Crippen molar-refractivity contribution < 1.29 is 4.79 Å². The molecule has 2 N–H and O–H groups in total. The standard InChI is InChI=1S/C10H17N3OS/c1-7-6-15-10(13-7)8(2)12-5-4-9(14)11-3/h6,8,12H,4-5H2,1-3H3,(H,11,14). The van der Waals surface area contributed by atoms with Crippen LogP contribution < -0.4 is 10.6 Å². The molecule has 5 heteroatoms. The van der Waals surface area contributed by atoms with Gasteiger partial charge in [0.25, 0.3) is 0 Å². The summed E-state index contributed by atoms with van der Waals surface area (Å²) < 4.78 is 0. The number of nitrogens with zero attached hydrogens (tertiary/aromatic N) is 1. The zero-order valence-electron chi connectivity index (χ0n) is 9.33. The Morgan fingerprint density at radius 3 is 2.93 bits per heavy atom. The molecule has 1 unspecified atom stereocenters. The van der Waals surface area contributed by atoms with Gasteiger partial charge in [-0.2, -0.15) is 0 Å². The molecule has 1 heterocycles. The van der Waals surface area contributed by atoms with Gasteiger partial charge in [-0.1, -0.05) is 0 Å². The first-order valence-electron chi connectivity index (χ1n) is 4.99. The Bertz CT molecular complexity index is 324. The SMILES string of the molecule is CNC(=O)CCNC(C)c1nc(C)cs1. The predicted octanol–water partition coefficient (Wildman–Crippen LogP) is 1.24. The number of carbonyl (C=O) groups is 1. The molecule has 15 heavy (non-hydrogen) atoms. The molecular weight excluding hydrogens is 210 g/mol. The third kappa shape index (κ3) is 3.97. The van der Waals surface area contributed by atoms with E-state index >= 15 is 0 Å². The number of carbonyl (C=O) groups excluding carboxylic acids is 1. The van der Waals surface area contributed by atoms with E-state index in [-0.39, 0.29) is 11.9 Å². The third-order valence-electron chi connectivity index (χ3n) is 2.09. The first-order chi connectivity index (χ1) is 7.13. The van der Waals surface area contributed by atoms with E-state index in [9.17, 15) is 4.79 Å². The number of hydrogen-bond acceptors (Lipinski definition) is 4. The highest BCUT2D eigenvalue weighted by Gasteiger charge is 2.08. The van der Waals surface area contributed by atoms with Crippen molar-refractivity contribution in [1.82, 2.24) is 15.6 Å². The molecule has 1 aromatic rings. The van der Waals surface area contributed by atoms with Crippen LogP contribution in [0.25, 0.3) is 0 Å². The van der Waals surface area contributed by atoms with E-state index in [0.29, 0.717) is 13.0 Å². The molecule has 0 saturated carbocycles. The van der Waals surface area contributed by atoms with Gasteiger partial charge in [0, 0.05) is 31.1 Å². The zero-order valence-corrected chi connectivity index (χ0v) is 10.1. The highest BCUT2D eigenvalue weighted by molar-refractivity contribution is 7.09. The second-order valence-corrected chi connectivity index (χ2v) is 4.32. The number of hydrogen-bond donors (Lipinski definition) is 2. The summed E-state index contributed by atoms with van der Waals surface area (Å²) in [5.41, 5.74) is 1.05. The minimum absolute atomic E-state index is 0.0602. The molecule has 4 nitrogen and oxygen atoms in total. The lowest BCUT2D eigenvalue weighted by Crippen LogP contribution is -2.26. The molecule has 0 fully saturated rings. The van der Waals surface area contributed by atoms with Gasteiger partial charge in [-0.3, -0.25) is 4.79 Å². The van der Waals surface area contributed by atoms with E-state index in [0.717, 1.165) is 10.7 Å². The van der Waals surface area contributed by atoms with E-state index in [1.165, 1.54) is 0 Å². The number of amides is 1. The van der Waals surface area contributed by atoms with Crippen LogP contribution in [0.1, 0.15) is 30.1 Å². The van der Waals surface area contributed by atoms with Crippen LogP contribution in [0.2, 0.25) is 0 Å². The summed E-state index contributed by atoms with van der Waals surface area (Å²) in [5, 5.41) is 8.96. The molecular formula is C10H17N3OS. The molecule has 84 valence electrons. The molecule has 0 aliphatic rings. The van der Waals surface area contributed by atoms with Gasteiger partial charge in [-0.05, 0) is 13.8 Å². The van der Waals surface area contributed by atoms with Crippen LogP contribution in [-0.2, 0) is 4.79 Å². The van der Waals surface area contributed by atoms with E-state index in [4.69, 9.17) is 0 Å². The molecule has 0 radical (unpaired) electrons. The van der Waals surface area contributed by atoms with Crippen molar-refractivity contribution in [3.63, 3.8) is 0 Å². The zero-order chi connectivity index (χ0) is 11.3. The van der Waals surface area contributed by atoms with Gasteiger partial charge in [0.15, 0.2) is 0 Å². The fourth-order valence-electron chi connectivity index (χ4n) is 1.19. The molecule has 0 aliphatic carbocycles. The molecule has 1 aromatic heterocycles. The Hall–Kier alpha value is -0.940. The first-order valence-corrected chi connectivity index (χ1v) is 5.87. The van der Waals surface area contributed by atoms with E-state index < -0.39 is 0 Å². The molecule has 0 aliphatic heterocycles. The quantitative estimate of drug-likeness (QED) is 0.795. The van der Waals surface area contributed by atoms with Gasteiger partial charge in [-0.25, -0.2) is 4.98 Å². The van der Waals surface area contributed by atoms with E-state index in [1.807, 2.05) is 12.3 Å². The largest absolute Gasteiger partial charge is 0.359 e. The van der Waals surface area contributed by atoms with Crippen molar-refractivity contribution in [1.29, 1.82) is 0 Å². The van der Waals surface area contributed by atoms with Crippen molar-refractivity contribution >= 4 is 17.2 Å². The maximum absolute atomic E-state index is 11.0.